The van der Waals surface area contributed by atoms with Crippen LogP contribution in [0.5, 0.6) is 0 Å². The maximum Gasteiger partial charge on any atom is 0.147 e. The van der Waals surface area contributed by atoms with Gasteiger partial charge in [-0.05, 0) is 33.0 Å². The minimum absolute atomic E-state index is 0.820. The zero-order valence-electron chi connectivity index (χ0n) is 9.82. The van der Waals surface area contributed by atoms with E-state index in [-0.39, 0.29) is 0 Å². The number of aryl methyl sites for hydroxylation is 2. The zero-order valence-corrected chi connectivity index (χ0v) is 10.6. The lowest BCUT2D eigenvalue weighted by Crippen LogP contribution is -2.03. The molecule has 0 unspecified atom stereocenters. The first-order valence-corrected chi connectivity index (χ1v) is 6.11. The average molecular weight is 236 g/mol. The van der Waals surface area contributed by atoms with Crippen LogP contribution in [0, 0.1) is 13.8 Å². The Morgan fingerprint density at radius 2 is 2.06 bits per heavy atom. The molecule has 0 amide bonds. The number of nitrogens with one attached hydrogen (secondary N) is 1. The smallest absolute Gasteiger partial charge is 0.147 e. The molecule has 16 heavy (non-hydrogen) atoms. The lowest BCUT2D eigenvalue weighted by Gasteiger charge is -1.99. The molecule has 2 rings (SSSR count). The van der Waals surface area contributed by atoms with Crippen molar-refractivity contribution in [3.63, 3.8) is 0 Å². The third kappa shape index (κ3) is 2.48. The number of aromatic nitrogens is 3. The first-order chi connectivity index (χ1) is 7.69. The van der Waals surface area contributed by atoms with Crippen LogP contribution in [-0.2, 0) is 13.1 Å². The highest BCUT2D eigenvalue weighted by atomic mass is 32.1. The summed E-state index contributed by atoms with van der Waals surface area (Å²) in [4.78, 5) is 6.97. The summed E-state index contributed by atoms with van der Waals surface area (Å²) in [6, 6.07) is 4.32. The van der Waals surface area contributed by atoms with Crippen LogP contribution in [0.1, 0.15) is 21.4 Å². The van der Waals surface area contributed by atoms with Crippen LogP contribution in [0.4, 0.5) is 0 Å². The molecule has 0 bridgehead atoms. The molecule has 0 aliphatic carbocycles. The fourth-order valence-corrected chi connectivity index (χ4v) is 2.65. The molecule has 0 spiro atoms. The topological polar surface area (TPSA) is 42.7 Å². The SMILES string of the molecule is CNCc1ccc(Cn2nc(C)nc2C)s1. The van der Waals surface area contributed by atoms with Crippen molar-refractivity contribution in [3.8, 4) is 0 Å². The van der Waals surface area contributed by atoms with Crippen LogP contribution < -0.4 is 5.32 Å². The summed E-state index contributed by atoms with van der Waals surface area (Å²) in [5.41, 5.74) is 0. The first-order valence-electron chi connectivity index (χ1n) is 5.29. The van der Waals surface area contributed by atoms with Gasteiger partial charge in [0.15, 0.2) is 0 Å². The van der Waals surface area contributed by atoms with Gasteiger partial charge < -0.3 is 5.32 Å². The summed E-state index contributed by atoms with van der Waals surface area (Å²) in [5.74, 6) is 1.81. The molecule has 2 aromatic rings. The molecular formula is C11H16N4S. The summed E-state index contributed by atoms with van der Waals surface area (Å²) in [7, 11) is 1.96. The Balaban J connectivity index is 2.11. The second kappa shape index (κ2) is 4.76. The maximum absolute atomic E-state index is 4.36. The minimum Gasteiger partial charge on any atom is -0.315 e. The van der Waals surface area contributed by atoms with Gasteiger partial charge in [-0.1, -0.05) is 0 Å². The number of hydrogen-bond donors (Lipinski definition) is 1. The van der Waals surface area contributed by atoms with Gasteiger partial charge in [0.2, 0.25) is 0 Å². The van der Waals surface area contributed by atoms with Gasteiger partial charge in [0.25, 0.3) is 0 Å². The highest BCUT2D eigenvalue weighted by Crippen LogP contribution is 2.17. The van der Waals surface area contributed by atoms with Crippen LogP contribution in [0.25, 0.3) is 0 Å². The van der Waals surface area contributed by atoms with Crippen molar-refractivity contribution in [2.24, 2.45) is 0 Å². The molecule has 0 aliphatic heterocycles. The third-order valence-electron chi connectivity index (χ3n) is 2.34. The third-order valence-corrected chi connectivity index (χ3v) is 3.41. The summed E-state index contributed by atoms with van der Waals surface area (Å²) in [6.07, 6.45) is 0. The quantitative estimate of drug-likeness (QED) is 0.879. The van der Waals surface area contributed by atoms with Crippen molar-refractivity contribution in [2.75, 3.05) is 7.05 Å². The van der Waals surface area contributed by atoms with Crippen molar-refractivity contribution < 1.29 is 0 Å². The van der Waals surface area contributed by atoms with Crippen molar-refractivity contribution in [1.29, 1.82) is 0 Å². The first kappa shape index (κ1) is 11.3. The van der Waals surface area contributed by atoms with Crippen LogP contribution >= 0.6 is 11.3 Å². The van der Waals surface area contributed by atoms with Gasteiger partial charge >= 0.3 is 0 Å². The Labute approximate surface area is 99.3 Å². The monoisotopic (exact) mass is 236 g/mol. The summed E-state index contributed by atoms with van der Waals surface area (Å²) in [5, 5.41) is 7.51. The molecule has 2 heterocycles. The lowest BCUT2D eigenvalue weighted by molar-refractivity contribution is 0.663. The van der Waals surface area contributed by atoms with Gasteiger partial charge in [-0.15, -0.1) is 11.3 Å². The van der Waals surface area contributed by atoms with Crippen LogP contribution in [-0.4, -0.2) is 21.8 Å². The largest absolute Gasteiger partial charge is 0.315 e. The number of rotatable bonds is 4. The summed E-state index contributed by atoms with van der Waals surface area (Å²) < 4.78 is 1.95. The Morgan fingerprint density at radius 1 is 1.31 bits per heavy atom. The molecular weight excluding hydrogens is 220 g/mol. The van der Waals surface area contributed by atoms with Gasteiger partial charge in [0.05, 0.1) is 6.54 Å². The van der Waals surface area contributed by atoms with Crippen molar-refractivity contribution in [3.05, 3.63) is 33.5 Å². The Hall–Kier alpha value is -1.20. The van der Waals surface area contributed by atoms with Gasteiger partial charge in [-0.25, -0.2) is 9.67 Å². The average Bonchev–Trinajstić information content (AvgIpc) is 2.76. The van der Waals surface area contributed by atoms with E-state index in [1.807, 2.05) is 36.9 Å². The lowest BCUT2D eigenvalue weighted by atomic mass is 10.4. The molecule has 86 valence electrons. The molecule has 4 nitrogen and oxygen atoms in total. The van der Waals surface area contributed by atoms with Gasteiger partial charge in [-0.3, -0.25) is 0 Å². The highest BCUT2D eigenvalue weighted by molar-refractivity contribution is 7.11. The van der Waals surface area contributed by atoms with E-state index in [1.54, 1.807) is 0 Å². The Bertz CT molecular complexity index is 472. The zero-order chi connectivity index (χ0) is 11.5. The second-order valence-electron chi connectivity index (χ2n) is 3.76. The van der Waals surface area contributed by atoms with E-state index in [4.69, 9.17) is 0 Å². The van der Waals surface area contributed by atoms with Crippen molar-refractivity contribution >= 4 is 11.3 Å². The van der Waals surface area contributed by atoms with E-state index in [1.165, 1.54) is 9.75 Å². The molecule has 1 N–H and O–H groups in total. The van der Waals surface area contributed by atoms with Crippen LogP contribution in [0.3, 0.4) is 0 Å². The van der Waals surface area contributed by atoms with E-state index in [0.29, 0.717) is 0 Å². The summed E-state index contributed by atoms with van der Waals surface area (Å²) >= 11 is 1.82. The number of hydrogen-bond acceptors (Lipinski definition) is 4. The molecule has 0 fully saturated rings. The molecule has 2 aromatic heterocycles. The molecule has 0 saturated heterocycles. The Kier molecular flexibility index (Phi) is 3.36. The normalized spacial score (nSPS) is 10.9. The predicted molar refractivity (Wildman–Crippen MR) is 65.7 cm³/mol. The molecule has 0 aliphatic rings. The Morgan fingerprint density at radius 3 is 2.69 bits per heavy atom. The van der Waals surface area contributed by atoms with E-state index in [0.717, 1.165) is 24.7 Å². The van der Waals surface area contributed by atoms with E-state index in [2.05, 4.69) is 27.5 Å². The fourth-order valence-electron chi connectivity index (χ4n) is 1.64. The summed E-state index contributed by atoms with van der Waals surface area (Å²) in [6.45, 7) is 5.66. The molecule has 0 radical (unpaired) electrons. The molecule has 0 aromatic carbocycles. The molecule has 5 heteroatoms. The fraction of sp³-hybridized carbons (Fsp3) is 0.455. The van der Waals surface area contributed by atoms with E-state index >= 15 is 0 Å². The predicted octanol–water partition coefficient (Wildman–Crippen LogP) is 1.72. The maximum atomic E-state index is 4.36. The molecule has 0 atom stereocenters. The van der Waals surface area contributed by atoms with Gasteiger partial charge in [0, 0.05) is 16.3 Å². The van der Waals surface area contributed by atoms with Gasteiger partial charge in [0.1, 0.15) is 11.6 Å². The van der Waals surface area contributed by atoms with Crippen molar-refractivity contribution in [1.82, 2.24) is 20.1 Å². The highest BCUT2D eigenvalue weighted by Gasteiger charge is 2.05. The number of nitrogens with zero attached hydrogens (tertiary/aromatic N) is 3. The second-order valence-corrected chi connectivity index (χ2v) is 5.02. The molecule has 0 saturated carbocycles. The van der Waals surface area contributed by atoms with Crippen LogP contribution in [0.2, 0.25) is 0 Å². The van der Waals surface area contributed by atoms with Gasteiger partial charge in [-0.2, -0.15) is 5.10 Å². The van der Waals surface area contributed by atoms with Crippen molar-refractivity contribution in [2.45, 2.75) is 26.9 Å². The van der Waals surface area contributed by atoms with E-state index in [9.17, 15) is 0 Å². The standard InChI is InChI=1S/C11H16N4S/c1-8-13-9(2)15(14-8)7-11-5-4-10(16-11)6-12-3/h4-5,12H,6-7H2,1-3H3. The minimum atomic E-state index is 0.820. The number of thiophene rings is 1. The van der Waals surface area contributed by atoms with Crippen LogP contribution in [0.15, 0.2) is 12.1 Å². The van der Waals surface area contributed by atoms with E-state index < -0.39 is 0 Å².